The van der Waals surface area contributed by atoms with Gasteiger partial charge in [0.05, 0.1) is 21.7 Å². The van der Waals surface area contributed by atoms with Crippen molar-refractivity contribution in [3.8, 4) is 6.07 Å². The molecule has 2 aromatic rings. The molecule has 7 heteroatoms. The number of nitrogens with two attached hydrogens (primary N) is 1. The summed E-state index contributed by atoms with van der Waals surface area (Å²) in [6, 6.07) is 13.2. The molecule has 1 saturated heterocycles. The van der Waals surface area contributed by atoms with Crippen molar-refractivity contribution in [1.82, 2.24) is 5.32 Å². The van der Waals surface area contributed by atoms with E-state index in [1.54, 1.807) is 30.3 Å². The first-order valence-electron chi connectivity index (χ1n) is 7.90. The number of nitriles is 1. The van der Waals surface area contributed by atoms with Gasteiger partial charge in [0.25, 0.3) is 0 Å². The second kappa shape index (κ2) is 7.08. The maximum atomic E-state index is 13.3. The number of halogens is 2. The molecule has 0 saturated carbocycles. The average molecular weight is 388 g/mol. The summed E-state index contributed by atoms with van der Waals surface area (Å²) < 4.78 is 0. The average Bonchev–Trinajstić information content (AvgIpc) is 3.09. The molecule has 26 heavy (non-hydrogen) atoms. The molecule has 3 N–H and O–H groups in total. The maximum Gasteiger partial charge on any atom is 0.233 e. The predicted molar refractivity (Wildman–Crippen MR) is 99.2 cm³/mol. The van der Waals surface area contributed by atoms with E-state index < -0.39 is 17.2 Å². The first kappa shape index (κ1) is 18.4. The molecule has 0 unspecified atom stereocenters. The van der Waals surface area contributed by atoms with Crippen LogP contribution < -0.4 is 11.1 Å². The van der Waals surface area contributed by atoms with Crippen molar-refractivity contribution in [3.63, 3.8) is 0 Å². The van der Waals surface area contributed by atoms with E-state index in [0.29, 0.717) is 33.3 Å². The zero-order valence-corrected chi connectivity index (χ0v) is 15.1. The topological polar surface area (TPSA) is 96.0 Å². The summed E-state index contributed by atoms with van der Waals surface area (Å²) in [5, 5.41) is 12.8. The standard InChI is InChI=1S/C19H15Cl2N3O2/c20-15-6-5-13(7-16(15)21)14-9-24-10-19(14,18(23)26)17(25)12-3-1-11(8-22)2-4-12/h1-7,14,24H,9-10H2,(H2,23,26)/t14-,19-/m1/s1. The molecule has 1 fully saturated rings. The van der Waals surface area contributed by atoms with Crippen LogP contribution in [0.3, 0.4) is 0 Å². The Balaban J connectivity index is 2.07. The number of Topliss-reactive ketones (excluding diaryl/α,β-unsaturated/α-hetero) is 1. The highest BCUT2D eigenvalue weighted by atomic mass is 35.5. The van der Waals surface area contributed by atoms with Crippen LogP contribution in [-0.4, -0.2) is 24.8 Å². The van der Waals surface area contributed by atoms with Crippen LogP contribution in [0.5, 0.6) is 0 Å². The van der Waals surface area contributed by atoms with Crippen molar-refractivity contribution >= 4 is 34.9 Å². The van der Waals surface area contributed by atoms with E-state index in [9.17, 15) is 9.59 Å². The Bertz CT molecular complexity index is 921. The molecule has 0 aromatic heterocycles. The van der Waals surface area contributed by atoms with Crippen molar-refractivity contribution in [1.29, 1.82) is 5.26 Å². The van der Waals surface area contributed by atoms with Gasteiger partial charge in [-0.2, -0.15) is 5.26 Å². The molecule has 2 aromatic carbocycles. The Morgan fingerprint density at radius 1 is 1.15 bits per heavy atom. The number of nitrogens with one attached hydrogen (secondary N) is 1. The molecular formula is C19H15Cl2N3O2. The van der Waals surface area contributed by atoms with Gasteiger partial charge >= 0.3 is 0 Å². The van der Waals surface area contributed by atoms with Crippen molar-refractivity contribution < 1.29 is 9.59 Å². The van der Waals surface area contributed by atoms with Crippen LogP contribution in [0.4, 0.5) is 0 Å². The SMILES string of the molecule is N#Cc1ccc(C(=O)[C@@]2(C(N)=O)CNC[C@@H]2c2ccc(Cl)c(Cl)c2)cc1. The second-order valence-electron chi connectivity index (χ2n) is 6.21. The zero-order valence-electron chi connectivity index (χ0n) is 13.6. The van der Waals surface area contributed by atoms with E-state index in [4.69, 9.17) is 34.2 Å². The fraction of sp³-hybridized carbons (Fsp3) is 0.211. The Morgan fingerprint density at radius 3 is 2.42 bits per heavy atom. The molecule has 0 bridgehead atoms. The molecule has 5 nitrogen and oxygen atoms in total. The molecule has 1 aliphatic rings. The van der Waals surface area contributed by atoms with Gasteiger partial charge in [-0.15, -0.1) is 0 Å². The van der Waals surface area contributed by atoms with Gasteiger partial charge < -0.3 is 11.1 Å². The Kier molecular flexibility index (Phi) is 5.01. The van der Waals surface area contributed by atoms with E-state index in [-0.39, 0.29) is 12.3 Å². The predicted octanol–water partition coefficient (Wildman–Crippen LogP) is 2.91. The van der Waals surface area contributed by atoms with E-state index in [0.717, 1.165) is 0 Å². The van der Waals surface area contributed by atoms with E-state index in [1.807, 2.05) is 6.07 Å². The van der Waals surface area contributed by atoms with E-state index in [1.165, 1.54) is 12.1 Å². The molecule has 1 aliphatic heterocycles. The zero-order chi connectivity index (χ0) is 18.9. The van der Waals surface area contributed by atoms with Crippen molar-refractivity contribution in [2.45, 2.75) is 5.92 Å². The molecule has 1 heterocycles. The largest absolute Gasteiger partial charge is 0.369 e. The molecule has 0 radical (unpaired) electrons. The third-order valence-corrected chi connectivity index (χ3v) is 5.55. The number of carbonyl (C=O) groups is 2. The van der Waals surface area contributed by atoms with Gasteiger partial charge in [0.1, 0.15) is 5.41 Å². The first-order valence-corrected chi connectivity index (χ1v) is 8.66. The van der Waals surface area contributed by atoms with Gasteiger partial charge in [0, 0.05) is 24.6 Å². The Labute approximate surface area is 160 Å². The number of nitrogens with zero attached hydrogens (tertiary/aromatic N) is 1. The van der Waals surface area contributed by atoms with Gasteiger partial charge in [-0.3, -0.25) is 9.59 Å². The minimum Gasteiger partial charge on any atom is -0.369 e. The molecule has 132 valence electrons. The summed E-state index contributed by atoms with van der Waals surface area (Å²) in [6.07, 6.45) is 0. The minimum atomic E-state index is -1.44. The first-order chi connectivity index (χ1) is 12.4. The lowest BCUT2D eigenvalue weighted by Gasteiger charge is -2.30. The Hall–Kier alpha value is -2.39. The van der Waals surface area contributed by atoms with Crippen LogP contribution in [0.2, 0.25) is 10.0 Å². The normalized spacial score (nSPS) is 22.0. The van der Waals surface area contributed by atoms with Crippen LogP contribution in [0.25, 0.3) is 0 Å². The highest BCUT2D eigenvalue weighted by molar-refractivity contribution is 6.42. The minimum absolute atomic E-state index is 0.131. The molecule has 0 aliphatic carbocycles. The van der Waals surface area contributed by atoms with E-state index >= 15 is 0 Å². The lowest BCUT2D eigenvalue weighted by Crippen LogP contribution is -2.49. The summed E-state index contributed by atoms with van der Waals surface area (Å²) in [7, 11) is 0. The van der Waals surface area contributed by atoms with Crippen molar-refractivity contribution in [2.24, 2.45) is 11.1 Å². The fourth-order valence-electron chi connectivity index (χ4n) is 3.41. The van der Waals surface area contributed by atoms with Crippen LogP contribution in [0.1, 0.15) is 27.4 Å². The second-order valence-corrected chi connectivity index (χ2v) is 7.03. The molecular weight excluding hydrogens is 373 g/mol. The fourth-order valence-corrected chi connectivity index (χ4v) is 3.71. The molecule has 2 atom stereocenters. The maximum absolute atomic E-state index is 13.3. The smallest absolute Gasteiger partial charge is 0.233 e. The number of primary amides is 1. The highest BCUT2D eigenvalue weighted by Crippen LogP contribution is 2.43. The Morgan fingerprint density at radius 2 is 1.85 bits per heavy atom. The summed E-state index contributed by atoms with van der Waals surface area (Å²) in [6.45, 7) is 0.537. The summed E-state index contributed by atoms with van der Waals surface area (Å²) in [5.74, 6) is -1.55. The highest BCUT2D eigenvalue weighted by Gasteiger charge is 2.54. The van der Waals surface area contributed by atoms with Gasteiger partial charge in [0.2, 0.25) is 5.91 Å². The van der Waals surface area contributed by atoms with Gasteiger partial charge in [0.15, 0.2) is 5.78 Å². The van der Waals surface area contributed by atoms with Gasteiger partial charge in [-0.05, 0) is 29.8 Å². The van der Waals surface area contributed by atoms with Crippen LogP contribution in [0, 0.1) is 16.7 Å². The van der Waals surface area contributed by atoms with Crippen LogP contribution in [0.15, 0.2) is 42.5 Å². The number of carbonyl (C=O) groups excluding carboxylic acids is 2. The molecule has 3 rings (SSSR count). The number of hydrogen-bond donors (Lipinski definition) is 2. The van der Waals surface area contributed by atoms with Crippen molar-refractivity contribution in [3.05, 3.63) is 69.2 Å². The number of ketones is 1. The number of benzene rings is 2. The van der Waals surface area contributed by atoms with Gasteiger partial charge in [-0.1, -0.05) is 41.4 Å². The summed E-state index contributed by atoms with van der Waals surface area (Å²) in [5.41, 5.74) is 5.75. The number of amides is 1. The van der Waals surface area contributed by atoms with E-state index in [2.05, 4.69) is 5.32 Å². The quantitative estimate of drug-likeness (QED) is 0.622. The summed E-state index contributed by atoms with van der Waals surface area (Å²) in [4.78, 5) is 25.7. The van der Waals surface area contributed by atoms with Gasteiger partial charge in [-0.25, -0.2) is 0 Å². The number of hydrogen-bond acceptors (Lipinski definition) is 4. The van der Waals surface area contributed by atoms with Crippen molar-refractivity contribution in [2.75, 3.05) is 13.1 Å². The third-order valence-electron chi connectivity index (χ3n) is 4.81. The van der Waals surface area contributed by atoms with Crippen LogP contribution in [-0.2, 0) is 4.79 Å². The van der Waals surface area contributed by atoms with Crippen LogP contribution >= 0.6 is 23.2 Å². The molecule has 0 spiro atoms. The summed E-state index contributed by atoms with van der Waals surface area (Å²) >= 11 is 12.1. The lowest BCUT2D eigenvalue weighted by atomic mass is 9.69. The third kappa shape index (κ3) is 2.97. The monoisotopic (exact) mass is 387 g/mol. The molecule has 1 amide bonds. The number of rotatable bonds is 4. The lowest BCUT2D eigenvalue weighted by molar-refractivity contribution is -0.125.